The molecule has 0 unspecified atom stereocenters. The number of carbonyl (C=O) groups is 1. The molecule has 5 nitrogen and oxygen atoms in total. The zero-order chi connectivity index (χ0) is 14.3. The average molecular weight is 265 g/mol. The number of hydrogen-bond donors (Lipinski definition) is 2. The van der Waals surface area contributed by atoms with Gasteiger partial charge in [0.05, 0.1) is 17.9 Å². The molecule has 1 heterocycles. The van der Waals surface area contributed by atoms with Gasteiger partial charge in [-0.1, -0.05) is 20.8 Å². The Morgan fingerprint density at radius 1 is 1.53 bits per heavy atom. The molecule has 0 aromatic carbocycles. The van der Waals surface area contributed by atoms with E-state index in [0.717, 1.165) is 18.5 Å². The van der Waals surface area contributed by atoms with Gasteiger partial charge in [-0.15, -0.1) is 0 Å². The minimum atomic E-state index is -0.165. The lowest BCUT2D eigenvalue weighted by molar-refractivity contribution is 0.0933. The van der Waals surface area contributed by atoms with Crippen LogP contribution >= 0.6 is 0 Å². The number of hydrogen-bond acceptors (Lipinski definition) is 3. The number of rotatable bonds is 4. The number of nitrogens with zero attached hydrogens (tertiary/aromatic N) is 2. The van der Waals surface area contributed by atoms with Crippen molar-refractivity contribution in [3.8, 4) is 0 Å². The van der Waals surface area contributed by atoms with Crippen LogP contribution in [-0.4, -0.2) is 33.9 Å². The summed E-state index contributed by atoms with van der Waals surface area (Å²) >= 11 is 0. The van der Waals surface area contributed by atoms with Gasteiger partial charge in [0.2, 0.25) is 0 Å². The van der Waals surface area contributed by atoms with Gasteiger partial charge in [0, 0.05) is 30.6 Å². The Labute approximate surface area is 114 Å². The molecule has 1 fully saturated rings. The second kappa shape index (κ2) is 4.63. The number of aryl methyl sites for hydroxylation is 1. The summed E-state index contributed by atoms with van der Waals surface area (Å²) in [5.74, 6) is -0.0993. The van der Waals surface area contributed by atoms with Crippen LogP contribution in [0, 0.1) is 5.41 Å². The molecule has 106 valence electrons. The van der Waals surface area contributed by atoms with Gasteiger partial charge < -0.3 is 10.4 Å². The van der Waals surface area contributed by atoms with E-state index in [1.807, 2.05) is 27.8 Å². The fourth-order valence-electron chi connectivity index (χ4n) is 2.14. The monoisotopic (exact) mass is 265 g/mol. The Kier molecular flexibility index (Phi) is 3.43. The van der Waals surface area contributed by atoms with E-state index in [1.165, 1.54) is 0 Å². The van der Waals surface area contributed by atoms with Crippen LogP contribution in [0.15, 0.2) is 6.20 Å². The van der Waals surface area contributed by atoms with E-state index in [1.54, 1.807) is 10.9 Å². The van der Waals surface area contributed by atoms with Gasteiger partial charge in [0.25, 0.3) is 5.91 Å². The molecule has 0 aliphatic heterocycles. The lowest BCUT2D eigenvalue weighted by Gasteiger charge is -2.18. The van der Waals surface area contributed by atoms with Crippen molar-refractivity contribution in [2.45, 2.75) is 39.0 Å². The highest BCUT2D eigenvalue weighted by atomic mass is 16.3. The Balaban J connectivity index is 2.11. The summed E-state index contributed by atoms with van der Waals surface area (Å²) in [6.07, 6.45) is 3.74. The number of aromatic nitrogens is 2. The fourth-order valence-corrected chi connectivity index (χ4v) is 2.14. The van der Waals surface area contributed by atoms with Gasteiger partial charge in [-0.05, 0) is 12.8 Å². The number of carbonyl (C=O) groups excluding carboxylic acids is 1. The van der Waals surface area contributed by atoms with Crippen molar-refractivity contribution in [3.05, 3.63) is 17.5 Å². The molecule has 0 spiro atoms. The van der Waals surface area contributed by atoms with E-state index in [4.69, 9.17) is 0 Å². The van der Waals surface area contributed by atoms with E-state index >= 15 is 0 Å². The van der Waals surface area contributed by atoms with Crippen molar-refractivity contribution in [2.24, 2.45) is 12.5 Å². The molecule has 1 amide bonds. The quantitative estimate of drug-likeness (QED) is 0.860. The molecular weight excluding hydrogens is 242 g/mol. The van der Waals surface area contributed by atoms with Crippen molar-refractivity contribution < 1.29 is 9.90 Å². The third-order valence-corrected chi connectivity index (χ3v) is 3.70. The molecule has 0 saturated heterocycles. The minimum Gasteiger partial charge on any atom is -0.396 e. The molecule has 0 atom stereocenters. The van der Waals surface area contributed by atoms with Gasteiger partial charge in [0.1, 0.15) is 0 Å². The summed E-state index contributed by atoms with van der Waals surface area (Å²) in [6.45, 7) is 6.82. The maximum Gasteiger partial charge on any atom is 0.254 e. The predicted octanol–water partition coefficient (Wildman–Crippen LogP) is 1.22. The van der Waals surface area contributed by atoms with Crippen molar-refractivity contribution in [1.29, 1.82) is 0 Å². The first kappa shape index (κ1) is 14.1. The van der Waals surface area contributed by atoms with Crippen LogP contribution in [0.3, 0.4) is 0 Å². The molecule has 0 radical (unpaired) electrons. The smallest absolute Gasteiger partial charge is 0.254 e. The number of amides is 1. The van der Waals surface area contributed by atoms with Gasteiger partial charge in [-0.3, -0.25) is 9.48 Å². The van der Waals surface area contributed by atoms with Crippen LogP contribution in [0.1, 0.15) is 49.7 Å². The van der Waals surface area contributed by atoms with Crippen LogP contribution in [-0.2, 0) is 12.5 Å². The first-order valence-electron chi connectivity index (χ1n) is 6.71. The van der Waals surface area contributed by atoms with Crippen LogP contribution in [0.5, 0.6) is 0 Å². The van der Waals surface area contributed by atoms with Crippen molar-refractivity contribution >= 4 is 5.91 Å². The van der Waals surface area contributed by atoms with Gasteiger partial charge in [-0.2, -0.15) is 5.10 Å². The van der Waals surface area contributed by atoms with Crippen molar-refractivity contribution in [2.75, 3.05) is 13.2 Å². The number of aliphatic hydroxyl groups is 1. The molecule has 2 rings (SSSR count). The highest BCUT2D eigenvalue weighted by Gasteiger charge is 2.42. The SMILES string of the molecule is Cn1cc(C(=O)NCC2(CO)CC2)c(C(C)(C)C)n1. The molecule has 2 N–H and O–H groups in total. The first-order chi connectivity index (χ1) is 8.77. The molecule has 1 aromatic heterocycles. The third-order valence-electron chi connectivity index (χ3n) is 3.70. The zero-order valence-electron chi connectivity index (χ0n) is 12.2. The number of nitrogens with one attached hydrogen (secondary N) is 1. The van der Waals surface area contributed by atoms with Crippen molar-refractivity contribution in [3.63, 3.8) is 0 Å². The molecule has 19 heavy (non-hydrogen) atoms. The lowest BCUT2D eigenvalue weighted by Crippen LogP contribution is -2.33. The first-order valence-corrected chi connectivity index (χ1v) is 6.71. The Hall–Kier alpha value is -1.36. The normalized spacial score (nSPS) is 17.3. The molecule has 5 heteroatoms. The average Bonchev–Trinajstić information content (AvgIpc) is 3.00. The summed E-state index contributed by atoms with van der Waals surface area (Å²) < 4.78 is 1.68. The van der Waals surface area contributed by atoms with E-state index < -0.39 is 0 Å². The highest BCUT2D eigenvalue weighted by Crippen LogP contribution is 2.44. The van der Waals surface area contributed by atoms with Crippen LogP contribution in [0.2, 0.25) is 0 Å². The second-order valence-electron chi connectivity index (χ2n) is 6.66. The summed E-state index contributed by atoms with van der Waals surface area (Å²) in [5, 5.41) is 16.6. The van der Waals surface area contributed by atoms with Crippen LogP contribution in [0.25, 0.3) is 0 Å². The molecule has 1 saturated carbocycles. The second-order valence-corrected chi connectivity index (χ2v) is 6.66. The predicted molar refractivity (Wildman–Crippen MR) is 73.0 cm³/mol. The zero-order valence-corrected chi connectivity index (χ0v) is 12.2. The molecule has 1 aliphatic rings. The highest BCUT2D eigenvalue weighted by molar-refractivity contribution is 5.95. The maximum atomic E-state index is 12.3. The van der Waals surface area contributed by atoms with Crippen LogP contribution < -0.4 is 5.32 Å². The van der Waals surface area contributed by atoms with Gasteiger partial charge in [-0.25, -0.2) is 0 Å². The third kappa shape index (κ3) is 2.97. The summed E-state index contributed by atoms with van der Waals surface area (Å²) in [5.41, 5.74) is 1.20. The lowest BCUT2D eigenvalue weighted by atomic mass is 9.89. The molecular formula is C14H23N3O2. The maximum absolute atomic E-state index is 12.3. The minimum absolute atomic E-state index is 0.0697. The van der Waals surface area contributed by atoms with E-state index in [9.17, 15) is 9.90 Å². The van der Waals surface area contributed by atoms with Gasteiger partial charge in [0.15, 0.2) is 0 Å². The fraction of sp³-hybridized carbons (Fsp3) is 0.714. The summed E-state index contributed by atoms with van der Waals surface area (Å²) in [7, 11) is 1.82. The van der Waals surface area contributed by atoms with Crippen molar-refractivity contribution in [1.82, 2.24) is 15.1 Å². The Morgan fingerprint density at radius 2 is 2.16 bits per heavy atom. The van der Waals surface area contributed by atoms with Crippen LogP contribution in [0.4, 0.5) is 0 Å². The summed E-state index contributed by atoms with van der Waals surface area (Å²) in [4.78, 5) is 12.3. The Bertz CT molecular complexity index is 481. The van der Waals surface area contributed by atoms with Gasteiger partial charge >= 0.3 is 0 Å². The van der Waals surface area contributed by atoms with E-state index in [-0.39, 0.29) is 23.3 Å². The largest absolute Gasteiger partial charge is 0.396 e. The number of aliphatic hydroxyl groups excluding tert-OH is 1. The van der Waals surface area contributed by atoms with E-state index in [2.05, 4.69) is 10.4 Å². The molecule has 0 bridgehead atoms. The standard InChI is InChI=1S/C14H23N3O2/c1-13(2,3)11-10(7-17(4)16-11)12(19)15-8-14(9-18)5-6-14/h7,18H,5-6,8-9H2,1-4H3,(H,15,19). The molecule has 1 aromatic rings. The topological polar surface area (TPSA) is 67.2 Å². The molecule has 1 aliphatic carbocycles. The Morgan fingerprint density at radius 3 is 2.63 bits per heavy atom. The summed E-state index contributed by atoms with van der Waals surface area (Å²) in [6, 6.07) is 0. The van der Waals surface area contributed by atoms with E-state index in [0.29, 0.717) is 12.1 Å².